The van der Waals surface area contributed by atoms with E-state index in [2.05, 4.69) is 5.32 Å². The number of anilines is 1. The highest BCUT2D eigenvalue weighted by molar-refractivity contribution is 5.86. The Morgan fingerprint density at radius 1 is 1.32 bits per heavy atom. The van der Waals surface area contributed by atoms with Crippen LogP contribution in [0.25, 0.3) is 0 Å². The zero-order valence-corrected chi connectivity index (χ0v) is 11.6. The maximum atomic E-state index is 13.1. The fourth-order valence-corrected chi connectivity index (χ4v) is 1.88. The second-order valence-corrected chi connectivity index (χ2v) is 4.40. The van der Waals surface area contributed by atoms with E-state index in [1.54, 1.807) is 18.2 Å². The van der Waals surface area contributed by atoms with Crippen LogP contribution in [0.5, 0.6) is 11.5 Å². The third-order valence-electron chi connectivity index (χ3n) is 2.90. The van der Waals surface area contributed by atoms with E-state index in [4.69, 9.17) is 20.5 Å². The van der Waals surface area contributed by atoms with Crippen molar-refractivity contribution in [2.45, 2.75) is 0 Å². The number of ether oxygens (including phenoxy) is 1. The molecule has 0 bridgehead atoms. The number of nitrogens with one attached hydrogen (secondary N) is 2. The molecular weight excluding hydrogens is 285 g/mol. The van der Waals surface area contributed by atoms with Crippen molar-refractivity contribution in [1.29, 1.82) is 10.7 Å². The summed E-state index contributed by atoms with van der Waals surface area (Å²) in [5, 5.41) is 28.2. The molecule has 0 aromatic heterocycles. The van der Waals surface area contributed by atoms with E-state index < -0.39 is 5.82 Å². The smallest absolute Gasteiger partial charge is 0.145 e. The zero-order chi connectivity index (χ0) is 15.9. The van der Waals surface area contributed by atoms with Crippen molar-refractivity contribution in [3.8, 4) is 17.6 Å². The van der Waals surface area contributed by atoms with Crippen molar-refractivity contribution >= 4 is 11.9 Å². The molecule has 6 heteroatoms. The van der Waals surface area contributed by atoms with Crippen LogP contribution >= 0.6 is 0 Å². The maximum absolute atomic E-state index is 13.1. The summed E-state index contributed by atoms with van der Waals surface area (Å²) in [6.45, 7) is 0.356. The van der Waals surface area contributed by atoms with Gasteiger partial charge in [-0.1, -0.05) is 0 Å². The largest absolute Gasteiger partial charge is 0.456 e. The lowest BCUT2D eigenvalue weighted by Crippen LogP contribution is -2.07. The van der Waals surface area contributed by atoms with E-state index in [1.165, 1.54) is 12.1 Å². The number of hydrogen-bond acceptors (Lipinski definition) is 5. The number of benzene rings is 2. The van der Waals surface area contributed by atoms with E-state index in [1.807, 2.05) is 6.07 Å². The van der Waals surface area contributed by atoms with E-state index in [9.17, 15) is 4.39 Å². The van der Waals surface area contributed by atoms with Crippen molar-refractivity contribution in [3.05, 3.63) is 53.3 Å². The maximum Gasteiger partial charge on any atom is 0.145 e. The summed E-state index contributed by atoms with van der Waals surface area (Å²) >= 11 is 0. The molecule has 0 fully saturated rings. The molecule has 2 aromatic rings. The Bertz CT molecular complexity index is 726. The first kappa shape index (κ1) is 15.5. The Hall–Kier alpha value is -2.91. The molecule has 112 valence electrons. The number of hydrogen-bond donors (Lipinski definition) is 3. The summed E-state index contributed by atoms with van der Waals surface area (Å²) in [7, 11) is 0. The van der Waals surface area contributed by atoms with Crippen LogP contribution in [-0.4, -0.2) is 24.5 Å². The third-order valence-corrected chi connectivity index (χ3v) is 2.90. The summed E-state index contributed by atoms with van der Waals surface area (Å²) in [5.74, 6) is 0.166. The monoisotopic (exact) mass is 299 g/mol. The van der Waals surface area contributed by atoms with Crippen LogP contribution in [0.4, 0.5) is 10.1 Å². The number of aliphatic hydroxyl groups is 1. The Morgan fingerprint density at radius 3 is 2.82 bits per heavy atom. The fourth-order valence-electron chi connectivity index (χ4n) is 1.88. The summed E-state index contributed by atoms with van der Waals surface area (Å²) in [5.41, 5.74) is 1.36. The van der Waals surface area contributed by atoms with Crippen LogP contribution in [-0.2, 0) is 0 Å². The summed E-state index contributed by atoms with van der Waals surface area (Å²) in [6, 6.07) is 10.6. The molecule has 0 atom stereocenters. The Kier molecular flexibility index (Phi) is 5.07. The highest BCUT2D eigenvalue weighted by Gasteiger charge is 2.08. The molecule has 0 aliphatic heterocycles. The van der Waals surface area contributed by atoms with Gasteiger partial charge in [-0.05, 0) is 36.4 Å². The van der Waals surface area contributed by atoms with Gasteiger partial charge in [0.25, 0.3) is 0 Å². The van der Waals surface area contributed by atoms with Crippen LogP contribution in [0.3, 0.4) is 0 Å². The van der Waals surface area contributed by atoms with Gasteiger partial charge in [0.2, 0.25) is 0 Å². The summed E-state index contributed by atoms with van der Waals surface area (Å²) in [4.78, 5) is 0. The average molecular weight is 299 g/mol. The molecule has 3 N–H and O–H groups in total. The minimum atomic E-state index is -0.507. The lowest BCUT2D eigenvalue weighted by atomic mass is 10.1. The molecule has 0 saturated carbocycles. The van der Waals surface area contributed by atoms with E-state index in [-0.39, 0.29) is 17.9 Å². The number of nitrogens with zero attached hydrogens (tertiary/aromatic N) is 1. The van der Waals surface area contributed by atoms with Gasteiger partial charge in [0.15, 0.2) is 0 Å². The van der Waals surface area contributed by atoms with Crippen LogP contribution < -0.4 is 10.1 Å². The van der Waals surface area contributed by atoms with E-state index >= 15 is 0 Å². The number of nitriles is 1. The predicted octanol–water partition coefficient (Wildman–Crippen LogP) is 2.89. The average Bonchev–Trinajstić information content (AvgIpc) is 2.55. The van der Waals surface area contributed by atoms with E-state index in [0.717, 1.165) is 12.3 Å². The first-order valence-electron chi connectivity index (χ1n) is 6.54. The minimum Gasteiger partial charge on any atom is -0.456 e. The van der Waals surface area contributed by atoms with Crippen molar-refractivity contribution in [3.63, 3.8) is 0 Å². The molecule has 0 unspecified atom stereocenters. The van der Waals surface area contributed by atoms with Crippen LogP contribution in [0.15, 0.2) is 36.4 Å². The second kappa shape index (κ2) is 7.20. The Labute approximate surface area is 127 Å². The van der Waals surface area contributed by atoms with Crippen LogP contribution in [0, 0.1) is 22.6 Å². The number of aliphatic hydroxyl groups excluding tert-OH is 1. The van der Waals surface area contributed by atoms with Gasteiger partial charge in [-0.2, -0.15) is 5.26 Å². The molecule has 0 amide bonds. The molecule has 0 heterocycles. The molecule has 5 nitrogen and oxygen atoms in total. The van der Waals surface area contributed by atoms with Gasteiger partial charge in [-0.3, -0.25) is 0 Å². The highest BCUT2D eigenvalue weighted by atomic mass is 19.1. The minimum absolute atomic E-state index is 0.0171. The van der Waals surface area contributed by atoms with Gasteiger partial charge >= 0.3 is 0 Å². The quantitative estimate of drug-likeness (QED) is 0.715. The van der Waals surface area contributed by atoms with Gasteiger partial charge < -0.3 is 20.6 Å². The lowest BCUT2D eigenvalue weighted by Gasteiger charge is -2.12. The molecule has 0 aliphatic rings. The Morgan fingerprint density at radius 2 is 2.14 bits per heavy atom. The molecule has 2 rings (SSSR count). The number of halogens is 1. The normalized spacial score (nSPS) is 9.86. The first-order valence-corrected chi connectivity index (χ1v) is 6.54. The van der Waals surface area contributed by atoms with Crippen molar-refractivity contribution in [1.82, 2.24) is 0 Å². The van der Waals surface area contributed by atoms with Crippen molar-refractivity contribution < 1.29 is 14.2 Å². The van der Waals surface area contributed by atoms with Crippen LogP contribution in [0.2, 0.25) is 0 Å². The van der Waals surface area contributed by atoms with Crippen molar-refractivity contribution in [2.75, 3.05) is 18.5 Å². The predicted molar refractivity (Wildman–Crippen MR) is 81.1 cm³/mol. The first-order chi connectivity index (χ1) is 10.7. The van der Waals surface area contributed by atoms with Gasteiger partial charge in [-0.15, -0.1) is 0 Å². The second-order valence-electron chi connectivity index (χ2n) is 4.40. The molecule has 2 aromatic carbocycles. The topological polar surface area (TPSA) is 89.1 Å². The molecular formula is C16H14FN3O2. The zero-order valence-electron chi connectivity index (χ0n) is 11.6. The molecule has 0 aliphatic carbocycles. The van der Waals surface area contributed by atoms with Crippen LogP contribution in [0.1, 0.15) is 11.1 Å². The summed E-state index contributed by atoms with van der Waals surface area (Å²) in [6.07, 6.45) is 1.16. The van der Waals surface area contributed by atoms with Gasteiger partial charge in [0.1, 0.15) is 23.4 Å². The fraction of sp³-hybridized carbons (Fsp3) is 0.125. The van der Waals surface area contributed by atoms with E-state index in [0.29, 0.717) is 23.5 Å². The van der Waals surface area contributed by atoms with Gasteiger partial charge in [0, 0.05) is 24.0 Å². The molecule has 22 heavy (non-hydrogen) atoms. The standard InChI is InChI=1S/C16H14FN3O2/c17-13-1-4-16(12(7-13)10-19)22-14-2-3-15(20-5-6-21)11(8-14)9-18/h1-4,7-9,18,20-21H,5-6H2. The van der Waals surface area contributed by atoms with Gasteiger partial charge in [-0.25, -0.2) is 4.39 Å². The lowest BCUT2D eigenvalue weighted by molar-refractivity contribution is 0.311. The molecule has 0 saturated heterocycles. The summed E-state index contributed by atoms with van der Waals surface area (Å²) < 4.78 is 18.7. The highest BCUT2D eigenvalue weighted by Crippen LogP contribution is 2.28. The van der Waals surface area contributed by atoms with Gasteiger partial charge in [0.05, 0.1) is 12.2 Å². The number of rotatable bonds is 6. The third kappa shape index (κ3) is 3.59. The van der Waals surface area contributed by atoms with Crippen molar-refractivity contribution in [2.24, 2.45) is 0 Å². The Balaban J connectivity index is 2.27. The SMILES string of the molecule is N#Cc1cc(F)ccc1Oc1ccc(NCCO)c(C=N)c1. The molecule has 0 radical (unpaired) electrons. The molecule has 0 spiro atoms.